The molecule has 0 aromatic heterocycles. The van der Waals surface area contributed by atoms with Crippen LogP contribution in [0.5, 0.6) is 5.75 Å². The summed E-state index contributed by atoms with van der Waals surface area (Å²) in [5, 5.41) is 9.01. The van der Waals surface area contributed by atoms with Crippen molar-refractivity contribution in [3.8, 4) is 5.75 Å². The highest BCUT2D eigenvalue weighted by molar-refractivity contribution is 5.98. The molecule has 0 spiro atoms. The number of hydrogen-bond acceptors (Lipinski definition) is 4. The molecule has 1 saturated heterocycles. The van der Waals surface area contributed by atoms with Gasteiger partial charge in [-0.1, -0.05) is 0 Å². The number of carbonyl (C=O) groups excluding carboxylic acids is 3. The highest BCUT2D eigenvalue weighted by atomic mass is 16.5. The number of benzene rings is 1. The summed E-state index contributed by atoms with van der Waals surface area (Å²) in [6.07, 6.45) is 8.83. The van der Waals surface area contributed by atoms with Crippen LogP contribution in [0, 0.1) is 17.8 Å². The maximum absolute atomic E-state index is 12.6. The number of amides is 4. The number of nitrogens with zero attached hydrogens (tertiary/aromatic N) is 1. The third kappa shape index (κ3) is 4.66. The molecule has 0 unspecified atom stereocenters. The molecule has 4 amide bonds. The van der Waals surface area contributed by atoms with Crippen LogP contribution in [0.1, 0.15) is 57.8 Å². The highest BCUT2D eigenvalue weighted by Gasteiger charge is 2.51. The Balaban J connectivity index is 1.11. The van der Waals surface area contributed by atoms with E-state index in [-0.39, 0.29) is 36.3 Å². The molecule has 178 valence electrons. The van der Waals surface area contributed by atoms with Crippen LogP contribution in [0.3, 0.4) is 0 Å². The molecule has 8 heteroatoms. The van der Waals surface area contributed by atoms with Crippen molar-refractivity contribution in [1.82, 2.24) is 10.6 Å². The second-order valence-corrected chi connectivity index (χ2v) is 10.4. The minimum absolute atomic E-state index is 0.0341. The van der Waals surface area contributed by atoms with Gasteiger partial charge in [0, 0.05) is 37.2 Å². The minimum Gasteiger partial charge on any atom is -0.495 e. The van der Waals surface area contributed by atoms with Crippen molar-refractivity contribution in [2.24, 2.45) is 17.8 Å². The molecule has 1 aromatic carbocycles. The van der Waals surface area contributed by atoms with E-state index in [0.29, 0.717) is 30.1 Å². The van der Waals surface area contributed by atoms with E-state index in [1.54, 1.807) is 30.2 Å². The van der Waals surface area contributed by atoms with Crippen molar-refractivity contribution in [1.29, 1.82) is 0 Å². The number of rotatable bonds is 7. The van der Waals surface area contributed by atoms with Gasteiger partial charge in [-0.25, -0.2) is 4.79 Å². The maximum atomic E-state index is 12.6. The average molecular weight is 455 g/mol. The molecule has 1 heterocycles. The average Bonchev–Trinajstić information content (AvgIpc) is 3.18. The zero-order valence-electron chi connectivity index (χ0n) is 19.3. The SMILES string of the molecule is COc1ccc(NC(=O)CCNC(=O)NC23CC4CC(CC(C4)C2)C3)cc1N1CCCC1=O. The smallest absolute Gasteiger partial charge is 0.315 e. The van der Waals surface area contributed by atoms with E-state index in [2.05, 4.69) is 16.0 Å². The molecule has 8 nitrogen and oxygen atoms in total. The Labute approximate surface area is 194 Å². The second kappa shape index (κ2) is 8.88. The summed E-state index contributed by atoms with van der Waals surface area (Å²) in [5.74, 6) is 2.79. The van der Waals surface area contributed by atoms with Gasteiger partial charge in [-0.3, -0.25) is 9.59 Å². The summed E-state index contributed by atoms with van der Waals surface area (Å²) < 4.78 is 5.40. The first-order valence-electron chi connectivity index (χ1n) is 12.3. The van der Waals surface area contributed by atoms with Crippen molar-refractivity contribution >= 4 is 29.2 Å². The molecule has 0 atom stereocenters. The first kappa shape index (κ1) is 22.0. The zero-order chi connectivity index (χ0) is 23.0. The van der Waals surface area contributed by atoms with Crippen LogP contribution in [-0.4, -0.2) is 43.6 Å². The number of ether oxygens (including phenoxy) is 1. The Morgan fingerprint density at radius 2 is 1.82 bits per heavy atom. The molecular formula is C25H34N4O4. The lowest BCUT2D eigenvalue weighted by Gasteiger charge is -2.56. The summed E-state index contributed by atoms with van der Waals surface area (Å²) in [6.45, 7) is 0.924. The van der Waals surface area contributed by atoms with Gasteiger partial charge < -0.3 is 25.6 Å². The molecule has 4 bridgehead atoms. The Morgan fingerprint density at radius 3 is 2.42 bits per heavy atom. The van der Waals surface area contributed by atoms with Crippen molar-refractivity contribution < 1.29 is 19.1 Å². The quantitative estimate of drug-likeness (QED) is 0.588. The Hall–Kier alpha value is -2.77. The van der Waals surface area contributed by atoms with E-state index < -0.39 is 0 Å². The van der Waals surface area contributed by atoms with Gasteiger partial charge in [-0.15, -0.1) is 0 Å². The number of urea groups is 1. The third-order valence-corrected chi connectivity index (χ3v) is 7.88. The molecule has 4 aliphatic carbocycles. The van der Waals surface area contributed by atoms with Gasteiger partial charge in [0.2, 0.25) is 11.8 Å². The fraction of sp³-hybridized carbons (Fsp3) is 0.640. The van der Waals surface area contributed by atoms with Crippen molar-refractivity contribution in [3.63, 3.8) is 0 Å². The summed E-state index contributed by atoms with van der Waals surface area (Å²) in [5.41, 5.74) is 1.24. The van der Waals surface area contributed by atoms with Gasteiger partial charge in [-0.2, -0.15) is 0 Å². The van der Waals surface area contributed by atoms with Crippen LogP contribution in [0.2, 0.25) is 0 Å². The molecule has 5 fully saturated rings. The summed E-state index contributed by atoms with van der Waals surface area (Å²) in [6, 6.07) is 5.12. The first-order chi connectivity index (χ1) is 15.9. The van der Waals surface area contributed by atoms with E-state index in [0.717, 1.165) is 43.4 Å². The molecule has 5 aliphatic rings. The van der Waals surface area contributed by atoms with Crippen LogP contribution < -0.4 is 25.6 Å². The lowest BCUT2D eigenvalue weighted by atomic mass is 9.53. The monoisotopic (exact) mass is 454 g/mol. The van der Waals surface area contributed by atoms with Crippen LogP contribution in [-0.2, 0) is 9.59 Å². The number of methoxy groups -OCH3 is 1. The van der Waals surface area contributed by atoms with E-state index in [1.807, 2.05) is 0 Å². The normalized spacial score (nSPS) is 29.8. The Bertz CT molecular complexity index is 911. The Morgan fingerprint density at radius 1 is 1.12 bits per heavy atom. The highest BCUT2D eigenvalue weighted by Crippen LogP contribution is 2.55. The summed E-state index contributed by atoms with van der Waals surface area (Å²) >= 11 is 0. The van der Waals surface area contributed by atoms with Crippen molar-refractivity contribution in [2.45, 2.75) is 63.3 Å². The Kier molecular flexibility index (Phi) is 5.93. The second-order valence-electron chi connectivity index (χ2n) is 10.4. The summed E-state index contributed by atoms with van der Waals surface area (Å²) in [7, 11) is 1.57. The third-order valence-electron chi connectivity index (χ3n) is 7.88. The predicted molar refractivity (Wildman–Crippen MR) is 125 cm³/mol. The molecule has 0 radical (unpaired) electrons. The summed E-state index contributed by atoms with van der Waals surface area (Å²) in [4.78, 5) is 38.9. The fourth-order valence-corrected chi connectivity index (χ4v) is 6.94. The van der Waals surface area contributed by atoms with E-state index in [1.165, 1.54) is 19.3 Å². The largest absolute Gasteiger partial charge is 0.495 e. The first-order valence-corrected chi connectivity index (χ1v) is 12.3. The van der Waals surface area contributed by atoms with Gasteiger partial charge in [-0.05, 0) is 80.9 Å². The standard InChI is InChI=1S/C25H34N4O4/c1-33-21-5-4-19(12-20(21)29-8-2-3-23(29)31)27-22(30)6-7-26-24(32)28-25-13-16-9-17(14-25)11-18(10-16)15-25/h4-5,12,16-18H,2-3,6-11,13-15H2,1H3,(H,27,30)(H2,26,28,32). The van der Waals surface area contributed by atoms with Crippen LogP contribution >= 0.6 is 0 Å². The van der Waals surface area contributed by atoms with Gasteiger partial charge >= 0.3 is 6.03 Å². The van der Waals surface area contributed by atoms with E-state index >= 15 is 0 Å². The molecular weight excluding hydrogens is 420 g/mol. The molecule has 1 aromatic rings. The van der Waals surface area contributed by atoms with Crippen molar-refractivity contribution in [2.75, 3.05) is 30.4 Å². The lowest BCUT2D eigenvalue weighted by molar-refractivity contribution is -0.117. The lowest BCUT2D eigenvalue weighted by Crippen LogP contribution is -2.61. The molecule has 6 rings (SSSR count). The van der Waals surface area contributed by atoms with Gasteiger partial charge in [0.05, 0.1) is 12.8 Å². The van der Waals surface area contributed by atoms with Crippen molar-refractivity contribution in [3.05, 3.63) is 18.2 Å². The van der Waals surface area contributed by atoms with Gasteiger partial charge in [0.15, 0.2) is 0 Å². The molecule has 4 saturated carbocycles. The molecule has 1 aliphatic heterocycles. The predicted octanol–water partition coefficient (Wildman–Crippen LogP) is 3.42. The van der Waals surface area contributed by atoms with Gasteiger partial charge in [0.25, 0.3) is 0 Å². The van der Waals surface area contributed by atoms with Crippen LogP contribution in [0.15, 0.2) is 18.2 Å². The minimum atomic E-state index is -0.186. The van der Waals surface area contributed by atoms with E-state index in [9.17, 15) is 14.4 Å². The maximum Gasteiger partial charge on any atom is 0.315 e. The number of nitrogens with one attached hydrogen (secondary N) is 3. The topological polar surface area (TPSA) is 99.8 Å². The van der Waals surface area contributed by atoms with Gasteiger partial charge in [0.1, 0.15) is 5.75 Å². The molecule has 3 N–H and O–H groups in total. The zero-order valence-corrected chi connectivity index (χ0v) is 19.3. The molecule has 33 heavy (non-hydrogen) atoms. The number of hydrogen-bond donors (Lipinski definition) is 3. The van der Waals surface area contributed by atoms with Crippen LogP contribution in [0.25, 0.3) is 0 Å². The number of anilines is 2. The van der Waals surface area contributed by atoms with Crippen LogP contribution in [0.4, 0.5) is 16.2 Å². The van der Waals surface area contributed by atoms with E-state index in [4.69, 9.17) is 4.74 Å². The fourth-order valence-electron chi connectivity index (χ4n) is 6.94. The number of carbonyl (C=O) groups is 3.